The van der Waals surface area contributed by atoms with Crippen molar-refractivity contribution in [2.75, 3.05) is 6.61 Å². The van der Waals surface area contributed by atoms with E-state index in [2.05, 4.69) is 10.0 Å². The molecule has 186 valence electrons. The van der Waals surface area contributed by atoms with E-state index in [0.717, 1.165) is 16.7 Å². The van der Waals surface area contributed by atoms with Crippen LogP contribution in [0.25, 0.3) is 10.4 Å². The second kappa shape index (κ2) is 10.0. The molecule has 8 nitrogen and oxygen atoms in total. The van der Waals surface area contributed by atoms with Crippen molar-refractivity contribution in [1.82, 2.24) is 0 Å². The van der Waals surface area contributed by atoms with E-state index < -0.39 is 42.0 Å². The normalized spacial score (nSPS) is 25.6. The van der Waals surface area contributed by atoms with Crippen molar-refractivity contribution in [2.24, 2.45) is 5.11 Å². The summed E-state index contributed by atoms with van der Waals surface area (Å²) in [6.07, 6.45) is -3.33. The summed E-state index contributed by atoms with van der Waals surface area (Å²) < 4.78 is 24.4. The van der Waals surface area contributed by atoms with Crippen molar-refractivity contribution < 1.29 is 24.1 Å². The molecule has 5 rings (SSSR count). The zero-order valence-corrected chi connectivity index (χ0v) is 20.2. The van der Waals surface area contributed by atoms with Crippen LogP contribution in [0.2, 0.25) is 0 Å². The van der Waals surface area contributed by atoms with Gasteiger partial charge in [0, 0.05) is 4.91 Å². The fourth-order valence-electron chi connectivity index (χ4n) is 5.07. The molecule has 2 saturated heterocycles. The van der Waals surface area contributed by atoms with Crippen LogP contribution < -0.4 is 0 Å². The van der Waals surface area contributed by atoms with Gasteiger partial charge in [0.1, 0.15) is 23.9 Å². The average molecular weight is 488 g/mol. The van der Waals surface area contributed by atoms with Gasteiger partial charge in [-0.3, -0.25) is 0 Å². The summed E-state index contributed by atoms with van der Waals surface area (Å²) in [4.78, 5) is 3.03. The quantitative estimate of drug-likeness (QED) is 0.210. The molecule has 8 heteroatoms. The first-order valence-corrected chi connectivity index (χ1v) is 12.0. The smallest absolute Gasteiger partial charge is 0.190 e. The van der Waals surface area contributed by atoms with Crippen LogP contribution in [0.3, 0.4) is 0 Å². The summed E-state index contributed by atoms with van der Waals surface area (Å²) in [6, 6.07) is 28.9. The predicted molar refractivity (Wildman–Crippen MR) is 133 cm³/mol. The lowest BCUT2D eigenvalue weighted by Gasteiger charge is -2.37. The van der Waals surface area contributed by atoms with E-state index in [1.165, 1.54) is 0 Å². The summed E-state index contributed by atoms with van der Waals surface area (Å²) in [5.41, 5.74) is 11.1. The van der Waals surface area contributed by atoms with Crippen molar-refractivity contribution >= 4 is 0 Å². The second-order valence-electron chi connectivity index (χ2n) is 9.42. The Morgan fingerprint density at radius 2 is 1.42 bits per heavy atom. The molecular weight excluding hydrogens is 458 g/mol. The average Bonchev–Trinajstić information content (AvgIpc) is 3.37. The molecule has 36 heavy (non-hydrogen) atoms. The second-order valence-corrected chi connectivity index (χ2v) is 9.42. The van der Waals surface area contributed by atoms with Crippen LogP contribution in [0.15, 0.2) is 96.1 Å². The monoisotopic (exact) mass is 487 g/mol. The molecule has 0 spiro atoms. The van der Waals surface area contributed by atoms with Gasteiger partial charge in [-0.2, -0.15) is 0 Å². The largest absolute Gasteiger partial charge is 0.387 e. The number of azide groups is 1. The molecule has 5 atom stereocenters. The number of hydrogen-bond acceptors (Lipinski definition) is 6. The Balaban J connectivity index is 1.52. The highest BCUT2D eigenvalue weighted by atomic mass is 16.8. The Labute approximate surface area is 210 Å². The van der Waals surface area contributed by atoms with Gasteiger partial charge in [-0.1, -0.05) is 96.1 Å². The molecule has 3 aromatic carbocycles. The number of hydrogen-bond donors (Lipinski definition) is 1. The lowest BCUT2D eigenvalue weighted by molar-refractivity contribution is -0.218. The van der Waals surface area contributed by atoms with Crippen LogP contribution in [0, 0.1) is 0 Å². The van der Waals surface area contributed by atoms with Crippen LogP contribution in [0.4, 0.5) is 0 Å². The summed E-state index contributed by atoms with van der Waals surface area (Å²) in [5.74, 6) is -0.866. The van der Waals surface area contributed by atoms with Crippen molar-refractivity contribution in [1.29, 1.82) is 0 Å². The van der Waals surface area contributed by atoms with Crippen molar-refractivity contribution in [3.05, 3.63) is 118 Å². The van der Waals surface area contributed by atoms with Gasteiger partial charge in [-0.05, 0) is 36.1 Å². The molecule has 0 unspecified atom stereocenters. The molecule has 0 aromatic heterocycles. The van der Waals surface area contributed by atoms with E-state index >= 15 is 0 Å². The molecule has 0 saturated carbocycles. The maximum atomic E-state index is 11.0. The molecule has 2 heterocycles. The first-order valence-electron chi connectivity index (χ1n) is 12.0. The van der Waals surface area contributed by atoms with E-state index in [9.17, 15) is 10.6 Å². The molecule has 0 radical (unpaired) electrons. The maximum Gasteiger partial charge on any atom is 0.190 e. The number of benzene rings is 3. The minimum atomic E-state index is -1.05. The van der Waals surface area contributed by atoms with E-state index in [0.29, 0.717) is 0 Å². The van der Waals surface area contributed by atoms with Crippen molar-refractivity contribution in [2.45, 2.75) is 55.9 Å². The molecule has 2 fully saturated rings. The van der Waals surface area contributed by atoms with Crippen LogP contribution in [0.1, 0.15) is 30.5 Å². The van der Waals surface area contributed by atoms with E-state index in [1.54, 1.807) is 13.8 Å². The Morgan fingerprint density at radius 3 is 1.86 bits per heavy atom. The highest BCUT2D eigenvalue weighted by Crippen LogP contribution is 2.42. The SMILES string of the molecule is CC1(C)O[C@H]2O[C@H]([C@H](COC(c3ccccc3)(c3ccccc3)c3ccccc3)N=[N+]=[N-])[C@@H](O)[C@H]2O1. The van der Waals surface area contributed by atoms with Gasteiger partial charge in [0.25, 0.3) is 0 Å². The van der Waals surface area contributed by atoms with Crippen LogP contribution >= 0.6 is 0 Å². The van der Waals surface area contributed by atoms with Gasteiger partial charge < -0.3 is 24.1 Å². The van der Waals surface area contributed by atoms with Gasteiger partial charge in [0.2, 0.25) is 0 Å². The number of rotatable bonds is 8. The van der Waals surface area contributed by atoms with Crippen LogP contribution in [-0.2, 0) is 24.5 Å². The lowest BCUT2D eigenvalue weighted by atomic mass is 9.80. The third-order valence-electron chi connectivity index (χ3n) is 6.64. The van der Waals surface area contributed by atoms with Gasteiger partial charge in [0.05, 0.1) is 12.6 Å². The van der Waals surface area contributed by atoms with Gasteiger partial charge in [0.15, 0.2) is 12.1 Å². The Kier molecular flexibility index (Phi) is 6.81. The fourth-order valence-corrected chi connectivity index (χ4v) is 5.07. The minimum Gasteiger partial charge on any atom is -0.387 e. The predicted octanol–water partition coefficient (Wildman–Crippen LogP) is 4.91. The summed E-state index contributed by atoms with van der Waals surface area (Å²) >= 11 is 0. The Bertz CT molecular complexity index is 1100. The number of aliphatic hydroxyl groups excluding tert-OH is 1. The van der Waals surface area contributed by atoms with E-state index in [4.69, 9.17) is 18.9 Å². The standard InChI is InChI=1S/C28H29N3O5/c1-27(2)35-25-23(32)24(34-26(25)36-27)22(30-31-29)18-33-28(19-12-6-3-7-13-19,20-14-8-4-9-15-20)21-16-10-5-11-17-21/h3-17,22-26,32H,18H2,1-2H3/t22-,23+,24+,25+,26+/m0/s1. The molecule has 2 aliphatic heterocycles. The number of nitrogens with zero attached hydrogens (tertiary/aromatic N) is 3. The molecule has 0 bridgehead atoms. The first-order chi connectivity index (χ1) is 17.4. The zero-order chi connectivity index (χ0) is 25.2. The van der Waals surface area contributed by atoms with E-state index in [1.807, 2.05) is 91.0 Å². The minimum absolute atomic E-state index is 0.0205. The fraction of sp³-hybridized carbons (Fsp3) is 0.357. The number of ether oxygens (including phenoxy) is 4. The summed E-state index contributed by atoms with van der Waals surface area (Å²) in [7, 11) is 0. The topological polar surface area (TPSA) is 106 Å². The zero-order valence-electron chi connectivity index (χ0n) is 20.2. The van der Waals surface area contributed by atoms with Gasteiger partial charge >= 0.3 is 0 Å². The van der Waals surface area contributed by atoms with Crippen LogP contribution in [0.5, 0.6) is 0 Å². The van der Waals surface area contributed by atoms with Crippen molar-refractivity contribution in [3.63, 3.8) is 0 Å². The van der Waals surface area contributed by atoms with Gasteiger partial charge in [-0.15, -0.1) is 0 Å². The highest BCUT2D eigenvalue weighted by molar-refractivity contribution is 5.47. The summed E-state index contributed by atoms with van der Waals surface area (Å²) in [5, 5.41) is 15.0. The highest BCUT2D eigenvalue weighted by Gasteiger charge is 2.56. The van der Waals surface area contributed by atoms with Gasteiger partial charge in [-0.25, -0.2) is 0 Å². The molecule has 0 aliphatic carbocycles. The number of fused-ring (bicyclic) bond motifs is 1. The van der Waals surface area contributed by atoms with Crippen LogP contribution in [-0.4, -0.2) is 48.1 Å². The molecule has 2 aliphatic rings. The number of aliphatic hydroxyl groups is 1. The summed E-state index contributed by atoms with van der Waals surface area (Å²) in [6.45, 7) is 3.50. The Morgan fingerprint density at radius 1 is 0.917 bits per heavy atom. The molecular formula is C28H29N3O5. The first kappa shape index (κ1) is 24.5. The molecule has 1 N–H and O–H groups in total. The van der Waals surface area contributed by atoms with E-state index in [-0.39, 0.29) is 6.61 Å². The lowest BCUT2D eigenvalue weighted by Crippen LogP contribution is -2.44. The van der Waals surface area contributed by atoms with Crippen molar-refractivity contribution in [3.8, 4) is 0 Å². The third kappa shape index (κ3) is 4.51. The Hall–Kier alpha value is -3.23. The molecule has 3 aromatic rings. The molecule has 0 amide bonds. The maximum absolute atomic E-state index is 11.0. The third-order valence-corrected chi connectivity index (χ3v) is 6.64.